The third-order valence-electron chi connectivity index (χ3n) is 3.76. The molecule has 0 saturated heterocycles. The SMILES string of the molecule is COC(=O)c1c(NC(=O)C2(C)CC2(Cl)Cl)sc(C)c1C. The van der Waals surface area contributed by atoms with E-state index in [0.29, 0.717) is 17.0 Å². The average Bonchev–Trinajstić information content (AvgIpc) is 2.75. The van der Waals surface area contributed by atoms with Crippen LogP contribution < -0.4 is 5.32 Å². The van der Waals surface area contributed by atoms with Crippen molar-refractivity contribution in [1.82, 2.24) is 0 Å². The van der Waals surface area contributed by atoms with Crippen LogP contribution in [-0.2, 0) is 9.53 Å². The van der Waals surface area contributed by atoms with E-state index in [2.05, 4.69) is 5.32 Å². The molecule has 1 unspecified atom stereocenters. The van der Waals surface area contributed by atoms with Crippen molar-refractivity contribution in [3.05, 3.63) is 16.0 Å². The number of ether oxygens (including phenoxy) is 1. The van der Waals surface area contributed by atoms with Crippen molar-refractivity contribution in [3.8, 4) is 0 Å². The molecule has 0 aromatic carbocycles. The van der Waals surface area contributed by atoms with Crippen LogP contribution in [-0.4, -0.2) is 23.3 Å². The first-order chi connectivity index (χ1) is 9.14. The highest BCUT2D eigenvalue weighted by Gasteiger charge is 2.68. The van der Waals surface area contributed by atoms with E-state index in [-0.39, 0.29) is 5.91 Å². The predicted octanol–water partition coefficient (Wildman–Crippen LogP) is 3.67. The molecule has 1 aromatic rings. The van der Waals surface area contributed by atoms with Crippen molar-refractivity contribution in [2.75, 3.05) is 12.4 Å². The lowest BCUT2D eigenvalue weighted by Gasteiger charge is -2.12. The monoisotopic (exact) mass is 335 g/mol. The third-order valence-corrected chi connectivity index (χ3v) is 5.99. The summed E-state index contributed by atoms with van der Waals surface area (Å²) in [5, 5.41) is 3.24. The fourth-order valence-electron chi connectivity index (χ4n) is 1.95. The Morgan fingerprint density at radius 1 is 1.35 bits per heavy atom. The highest BCUT2D eigenvalue weighted by molar-refractivity contribution is 7.16. The zero-order valence-corrected chi connectivity index (χ0v) is 13.9. The Morgan fingerprint density at radius 3 is 2.35 bits per heavy atom. The smallest absolute Gasteiger partial charge is 0.341 e. The fourth-order valence-corrected chi connectivity index (χ4v) is 3.70. The van der Waals surface area contributed by atoms with E-state index in [1.54, 1.807) is 6.92 Å². The van der Waals surface area contributed by atoms with Crippen molar-refractivity contribution in [2.45, 2.75) is 31.5 Å². The molecule has 1 fully saturated rings. The first-order valence-corrected chi connectivity index (χ1v) is 7.59. The van der Waals surface area contributed by atoms with Crippen molar-refractivity contribution in [2.24, 2.45) is 5.41 Å². The Bertz CT molecular complexity index is 597. The van der Waals surface area contributed by atoms with Gasteiger partial charge in [0, 0.05) is 4.88 Å². The molecule has 2 rings (SSSR count). The minimum atomic E-state index is -1.04. The summed E-state index contributed by atoms with van der Waals surface area (Å²) in [5.41, 5.74) is 0.374. The zero-order chi connectivity index (χ0) is 15.3. The number of alkyl halides is 2. The molecule has 1 aliphatic rings. The minimum absolute atomic E-state index is 0.283. The molecule has 7 heteroatoms. The van der Waals surface area contributed by atoms with Crippen LogP contribution in [0.2, 0.25) is 0 Å². The Balaban J connectivity index is 2.29. The van der Waals surface area contributed by atoms with E-state index in [0.717, 1.165) is 10.4 Å². The van der Waals surface area contributed by atoms with Crippen LogP contribution in [0.25, 0.3) is 0 Å². The molecule has 0 radical (unpaired) electrons. The number of hydrogen-bond donors (Lipinski definition) is 1. The van der Waals surface area contributed by atoms with Gasteiger partial charge in [0.05, 0.1) is 18.1 Å². The summed E-state index contributed by atoms with van der Waals surface area (Å²) in [4.78, 5) is 25.0. The van der Waals surface area contributed by atoms with Gasteiger partial charge in [0.2, 0.25) is 5.91 Å². The highest BCUT2D eigenvalue weighted by atomic mass is 35.5. The van der Waals surface area contributed by atoms with Gasteiger partial charge in [-0.05, 0) is 32.8 Å². The summed E-state index contributed by atoms with van der Waals surface area (Å²) in [6.45, 7) is 5.40. The summed E-state index contributed by atoms with van der Waals surface area (Å²) in [5.74, 6) is -0.750. The number of methoxy groups -OCH3 is 1. The van der Waals surface area contributed by atoms with Gasteiger partial charge in [-0.1, -0.05) is 0 Å². The van der Waals surface area contributed by atoms with Crippen molar-refractivity contribution in [3.63, 3.8) is 0 Å². The Labute approximate surface area is 131 Å². The second kappa shape index (κ2) is 4.90. The van der Waals surface area contributed by atoms with Crippen LogP contribution in [0.15, 0.2) is 0 Å². The van der Waals surface area contributed by atoms with Crippen molar-refractivity contribution in [1.29, 1.82) is 0 Å². The molecule has 1 aliphatic carbocycles. The molecule has 1 aromatic heterocycles. The number of carbonyl (C=O) groups excluding carboxylic acids is 2. The number of esters is 1. The molecular formula is C13H15Cl2NO3S. The van der Waals surface area contributed by atoms with Crippen molar-refractivity contribution >= 4 is 51.4 Å². The lowest BCUT2D eigenvalue weighted by Crippen LogP contribution is -2.26. The van der Waals surface area contributed by atoms with Gasteiger partial charge in [-0.15, -0.1) is 34.5 Å². The number of nitrogens with one attached hydrogen (secondary N) is 1. The van der Waals surface area contributed by atoms with Gasteiger partial charge in [0.15, 0.2) is 0 Å². The molecule has 1 N–H and O–H groups in total. The zero-order valence-electron chi connectivity index (χ0n) is 11.6. The molecule has 0 bridgehead atoms. The van der Waals surface area contributed by atoms with Gasteiger partial charge in [0.25, 0.3) is 0 Å². The third kappa shape index (κ3) is 2.32. The van der Waals surface area contributed by atoms with E-state index in [9.17, 15) is 9.59 Å². The second-order valence-corrected chi connectivity index (χ2v) is 7.86. The number of hydrogen-bond acceptors (Lipinski definition) is 4. The van der Waals surface area contributed by atoms with Crippen LogP contribution in [0, 0.1) is 19.3 Å². The summed E-state index contributed by atoms with van der Waals surface area (Å²) >= 11 is 13.3. The van der Waals surface area contributed by atoms with E-state index in [1.165, 1.54) is 18.4 Å². The van der Waals surface area contributed by atoms with Gasteiger partial charge < -0.3 is 10.1 Å². The maximum atomic E-state index is 12.3. The molecule has 1 heterocycles. The van der Waals surface area contributed by atoms with Crippen LogP contribution >= 0.6 is 34.5 Å². The van der Waals surface area contributed by atoms with E-state index < -0.39 is 15.7 Å². The maximum absolute atomic E-state index is 12.3. The lowest BCUT2D eigenvalue weighted by atomic mass is 10.1. The highest BCUT2D eigenvalue weighted by Crippen LogP contribution is 2.64. The summed E-state index contributed by atoms with van der Waals surface area (Å²) in [6, 6.07) is 0. The number of rotatable bonds is 3. The van der Waals surface area contributed by atoms with E-state index in [4.69, 9.17) is 27.9 Å². The molecule has 1 atom stereocenters. The number of anilines is 1. The average molecular weight is 336 g/mol. The van der Waals surface area contributed by atoms with Crippen LogP contribution in [0.1, 0.15) is 34.1 Å². The maximum Gasteiger partial charge on any atom is 0.341 e. The molecule has 1 saturated carbocycles. The van der Waals surface area contributed by atoms with E-state index >= 15 is 0 Å². The van der Waals surface area contributed by atoms with Gasteiger partial charge >= 0.3 is 5.97 Å². The van der Waals surface area contributed by atoms with Gasteiger partial charge in [0.1, 0.15) is 9.33 Å². The minimum Gasteiger partial charge on any atom is -0.465 e. The van der Waals surface area contributed by atoms with Crippen LogP contribution in [0.5, 0.6) is 0 Å². The standard InChI is InChI=1S/C13H15Cl2NO3S/c1-6-7(2)20-9(8(6)10(17)19-4)16-11(18)12(3)5-13(12,14)15/h5H2,1-4H3,(H,16,18). The number of carbonyl (C=O) groups is 2. The first-order valence-electron chi connectivity index (χ1n) is 6.01. The molecule has 0 aliphatic heterocycles. The molecule has 20 heavy (non-hydrogen) atoms. The summed E-state index contributed by atoms with van der Waals surface area (Å²) in [6.07, 6.45) is 0.395. The number of amides is 1. The number of thiophene rings is 1. The fraction of sp³-hybridized carbons (Fsp3) is 0.538. The normalized spacial score (nSPS) is 23.3. The van der Waals surface area contributed by atoms with Crippen LogP contribution in [0.3, 0.4) is 0 Å². The molecule has 1 amide bonds. The molecule has 110 valence electrons. The van der Waals surface area contributed by atoms with Crippen molar-refractivity contribution < 1.29 is 14.3 Å². The predicted molar refractivity (Wildman–Crippen MR) is 80.9 cm³/mol. The first kappa shape index (κ1) is 15.6. The summed E-state index contributed by atoms with van der Waals surface area (Å²) in [7, 11) is 1.31. The largest absolute Gasteiger partial charge is 0.465 e. The number of halogens is 2. The topological polar surface area (TPSA) is 55.4 Å². The van der Waals surface area contributed by atoms with Gasteiger partial charge in [-0.3, -0.25) is 4.79 Å². The molecular weight excluding hydrogens is 321 g/mol. The Hall–Kier alpha value is -0.780. The quantitative estimate of drug-likeness (QED) is 0.677. The molecule has 4 nitrogen and oxygen atoms in total. The van der Waals surface area contributed by atoms with Gasteiger partial charge in [-0.25, -0.2) is 4.79 Å². The van der Waals surface area contributed by atoms with Crippen LogP contribution in [0.4, 0.5) is 5.00 Å². The summed E-state index contributed by atoms with van der Waals surface area (Å²) < 4.78 is 3.72. The van der Waals surface area contributed by atoms with E-state index in [1.807, 2.05) is 13.8 Å². The second-order valence-electron chi connectivity index (χ2n) is 5.15. The number of aryl methyl sites for hydroxylation is 1. The Kier molecular flexibility index (Phi) is 3.82. The Morgan fingerprint density at radius 2 is 1.90 bits per heavy atom. The van der Waals surface area contributed by atoms with Gasteiger partial charge in [-0.2, -0.15) is 0 Å². The molecule has 0 spiro atoms. The lowest BCUT2D eigenvalue weighted by molar-refractivity contribution is -0.120.